The second-order valence-electron chi connectivity index (χ2n) is 4.73. The van der Waals surface area contributed by atoms with E-state index in [2.05, 4.69) is 11.6 Å². The molecule has 90 valence electrons. The standard InChI is InChI=1S/C10H21NO3S/c1-10(5-2-3-6-10)9-11-15(13,14)8-4-7-12/h11-12H,2-9H2,1H3. The second-order valence-corrected chi connectivity index (χ2v) is 6.66. The van der Waals surface area contributed by atoms with Gasteiger partial charge < -0.3 is 5.11 Å². The third-order valence-corrected chi connectivity index (χ3v) is 4.51. The summed E-state index contributed by atoms with van der Waals surface area (Å²) >= 11 is 0. The zero-order valence-corrected chi connectivity index (χ0v) is 10.1. The van der Waals surface area contributed by atoms with Gasteiger partial charge in [-0.2, -0.15) is 0 Å². The lowest BCUT2D eigenvalue weighted by Gasteiger charge is -2.23. The van der Waals surface area contributed by atoms with Gasteiger partial charge in [-0.3, -0.25) is 0 Å². The van der Waals surface area contributed by atoms with E-state index < -0.39 is 10.0 Å². The predicted molar refractivity (Wildman–Crippen MR) is 60.1 cm³/mol. The fourth-order valence-corrected chi connectivity index (χ4v) is 3.24. The Kier molecular flexibility index (Phi) is 4.55. The van der Waals surface area contributed by atoms with Crippen molar-refractivity contribution < 1.29 is 13.5 Å². The van der Waals surface area contributed by atoms with Gasteiger partial charge in [0.15, 0.2) is 0 Å². The van der Waals surface area contributed by atoms with Crippen molar-refractivity contribution in [2.75, 3.05) is 18.9 Å². The topological polar surface area (TPSA) is 66.4 Å². The van der Waals surface area contributed by atoms with Gasteiger partial charge in [0.25, 0.3) is 0 Å². The first-order chi connectivity index (χ1) is 6.97. The summed E-state index contributed by atoms with van der Waals surface area (Å²) in [7, 11) is -3.18. The van der Waals surface area contributed by atoms with Gasteiger partial charge in [0.1, 0.15) is 0 Å². The summed E-state index contributed by atoms with van der Waals surface area (Å²) in [4.78, 5) is 0. The normalized spacial score (nSPS) is 20.7. The summed E-state index contributed by atoms with van der Waals surface area (Å²) in [5.74, 6) is 0.0274. The molecule has 1 rings (SSSR count). The monoisotopic (exact) mass is 235 g/mol. The SMILES string of the molecule is CC1(CNS(=O)(=O)CCCO)CCCC1. The van der Waals surface area contributed by atoms with Crippen LogP contribution in [0, 0.1) is 5.41 Å². The van der Waals surface area contributed by atoms with E-state index in [-0.39, 0.29) is 17.8 Å². The van der Waals surface area contributed by atoms with Gasteiger partial charge >= 0.3 is 0 Å². The average Bonchev–Trinajstić information content (AvgIpc) is 2.61. The van der Waals surface area contributed by atoms with E-state index in [0.29, 0.717) is 13.0 Å². The van der Waals surface area contributed by atoms with Crippen LogP contribution in [0.3, 0.4) is 0 Å². The molecule has 0 aromatic heterocycles. The number of aliphatic hydroxyl groups is 1. The van der Waals surface area contributed by atoms with Crippen molar-refractivity contribution in [3.63, 3.8) is 0 Å². The minimum Gasteiger partial charge on any atom is -0.396 e. The Morgan fingerprint density at radius 2 is 1.93 bits per heavy atom. The summed E-state index contributed by atoms with van der Waals surface area (Å²) in [6, 6.07) is 0. The van der Waals surface area contributed by atoms with E-state index in [1.54, 1.807) is 0 Å². The molecule has 0 bridgehead atoms. The Morgan fingerprint density at radius 3 is 2.47 bits per heavy atom. The van der Waals surface area contributed by atoms with E-state index in [1.807, 2.05) is 0 Å². The first-order valence-corrected chi connectivity index (χ1v) is 7.21. The first kappa shape index (κ1) is 12.9. The van der Waals surface area contributed by atoms with E-state index in [0.717, 1.165) is 12.8 Å². The fraction of sp³-hybridized carbons (Fsp3) is 1.00. The van der Waals surface area contributed by atoms with Crippen LogP contribution in [0.4, 0.5) is 0 Å². The summed E-state index contributed by atoms with van der Waals surface area (Å²) in [6.45, 7) is 2.60. The van der Waals surface area contributed by atoms with Crippen molar-refractivity contribution in [2.45, 2.75) is 39.0 Å². The van der Waals surface area contributed by atoms with Crippen LogP contribution in [0.5, 0.6) is 0 Å². The van der Waals surface area contributed by atoms with Crippen molar-refractivity contribution in [2.24, 2.45) is 5.41 Å². The fourth-order valence-electron chi connectivity index (χ4n) is 2.02. The zero-order chi connectivity index (χ0) is 11.4. The molecule has 0 heterocycles. The minimum absolute atomic E-state index is 0.0274. The number of hydrogen-bond acceptors (Lipinski definition) is 3. The third-order valence-electron chi connectivity index (χ3n) is 3.10. The van der Waals surface area contributed by atoms with Crippen LogP contribution in [-0.4, -0.2) is 32.4 Å². The highest BCUT2D eigenvalue weighted by atomic mass is 32.2. The van der Waals surface area contributed by atoms with Crippen LogP contribution in [0.1, 0.15) is 39.0 Å². The van der Waals surface area contributed by atoms with Gasteiger partial charge in [0, 0.05) is 13.2 Å². The Hall–Kier alpha value is -0.130. The molecule has 2 N–H and O–H groups in total. The van der Waals surface area contributed by atoms with Gasteiger partial charge in [0.05, 0.1) is 5.75 Å². The van der Waals surface area contributed by atoms with Crippen LogP contribution in [-0.2, 0) is 10.0 Å². The lowest BCUT2D eigenvalue weighted by molar-refractivity contribution is 0.294. The molecule has 1 aliphatic rings. The van der Waals surface area contributed by atoms with Gasteiger partial charge in [-0.1, -0.05) is 19.8 Å². The van der Waals surface area contributed by atoms with E-state index in [9.17, 15) is 8.42 Å². The highest BCUT2D eigenvalue weighted by Gasteiger charge is 2.29. The minimum atomic E-state index is -3.18. The number of sulfonamides is 1. The maximum Gasteiger partial charge on any atom is 0.211 e. The molecule has 0 aromatic rings. The molecule has 0 saturated heterocycles. The third kappa shape index (κ3) is 4.49. The van der Waals surface area contributed by atoms with E-state index in [4.69, 9.17) is 5.11 Å². The quantitative estimate of drug-likeness (QED) is 0.718. The molecule has 0 atom stereocenters. The molecule has 0 spiro atoms. The smallest absolute Gasteiger partial charge is 0.211 e. The van der Waals surface area contributed by atoms with Crippen LogP contribution < -0.4 is 4.72 Å². The van der Waals surface area contributed by atoms with E-state index >= 15 is 0 Å². The molecule has 0 unspecified atom stereocenters. The van der Waals surface area contributed by atoms with Crippen LogP contribution in [0.15, 0.2) is 0 Å². The molecule has 1 saturated carbocycles. The Labute approximate surface area is 92.1 Å². The molecule has 1 fully saturated rings. The molecule has 0 aliphatic heterocycles. The van der Waals surface area contributed by atoms with Crippen molar-refractivity contribution in [3.05, 3.63) is 0 Å². The molecule has 15 heavy (non-hydrogen) atoms. The van der Waals surface area contributed by atoms with Gasteiger partial charge in [-0.05, 0) is 24.7 Å². The summed E-state index contributed by atoms with van der Waals surface area (Å²) in [5.41, 5.74) is 0.145. The molecule has 4 nitrogen and oxygen atoms in total. The molecule has 1 aliphatic carbocycles. The first-order valence-electron chi connectivity index (χ1n) is 5.56. The lowest BCUT2D eigenvalue weighted by Crippen LogP contribution is -2.35. The Bertz CT molecular complexity index is 281. The van der Waals surface area contributed by atoms with Crippen molar-refractivity contribution >= 4 is 10.0 Å². The van der Waals surface area contributed by atoms with Gasteiger partial charge in [0.2, 0.25) is 10.0 Å². The zero-order valence-electron chi connectivity index (χ0n) is 9.33. The summed E-state index contributed by atoms with van der Waals surface area (Å²) < 4.78 is 25.6. The van der Waals surface area contributed by atoms with Gasteiger partial charge in [-0.25, -0.2) is 13.1 Å². The largest absolute Gasteiger partial charge is 0.396 e. The van der Waals surface area contributed by atoms with Crippen molar-refractivity contribution in [1.29, 1.82) is 0 Å². The molecule has 0 radical (unpaired) electrons. The lowest BCUT2D eigenvalue weighted by atomic mass is 9.89. The maximum absolute atomic E-state index is 11.5. The van der Waals surface area contributed by atoms with Crippen LogP contribution in [0.2, 0.25) is 0 Å². The average molecular weight is 235 g/mol. The van der Waals surface area contributed by atoms with E-state index in [1.165, 1.54) is 12.8 Å². The highest BCUT2D eigenvalue weighted by Crippen LogP contribution is 2.36. The predicted octanol–water partition coefficient (Wildman–Crippen LogP) is 0.868. The van der Waals surface area contributed by atoms with Crippen molar-refractivity contribution in [3.8, 4) is 0 Å². The number of rotatable bonds is 6. The molecular weight excluding hydrogens is 214 g/mol. The summed E-state index contributed by atoms with van der Waals surface area (Å²) in [5, 5.41) is 8.57. The maximum atomic E-state index is 11.5. The highest BCUT2D eigenvalue weighted by molar-refractivity contribution is 7.89. The van der Waals surface area contributed by atoms with Crippen molar-refractivity contribution in [1.82, 2.24) is 4.72 Å². The second kappa shape index (κ2) is 5.27. The molecular formula is C10H21NO3S. The molecule has 0 aromatic carbocycles. The van der Waals surface area contributed by atoms with Crippen LogP contribution in [0.25, 0.3) is 0 Å². The Balaban J connectivity index is 2.35. The number of aliphatic hydroxyl groups excluding tert-OH is 1. The van der Waals surface area contributed by atoms with Crippen LogP contribution >= 0.6 is 0 Å². The number of hydrogen-bond donors (Lipinski definition) is 2. The molecule has 0 amide bonds. The summed E-state index contributed by atoms with van der Waals surface area (Å²) in [6.07, 6.45) is 4.93. The molecule has 5 heteroatoms. The number of nitrogens with one attached hydrogen (secondary N) is 1. The Morgan fingerprint density at radius 1 is 1.33 bits per heavy atom. The van der Waals surface area contributed by atoms with Gasteiger partial charge in [-0.15, -0.1) is 0 Å².